The maximum Gasteiger partial charge on any atom is 0.328 e. The van der Waals surface area contributed by atoms with Gasteiger partial charge in [0.2, 0.25) is 0 Å². The Morgan fingerprint density at radius 2 is 1.90 bits per heavy atom. The van der Waals surface area contributed by atoms with Crippen molar-refractivity contribution < 1.29 is 22.7 Å². The lowest BCUT2D eigenvalue weighted by molar-refractivity contribution is 0.245. The molecule has 0 aliphatic rings. The normalized spacial score (nSPS) is 10.7. The fraction of sp³-hybridized carbons (Fsp3) is 0.222. The summed E-state index contributed by atoms with van der Waals surface area (Å²) in [4.78, 5) is 12.6. The van der Waals surface area contributed by atoms with E-state index in [1.165, 1.54) is 32.0 Å². The number of hydrogen-bond acceptors (Lipinski definition) is 7. The van der Waals surface area contributed by atoms with Gasteiger partial charge in [-0.2, -0.15) is 5.26 Å². The zero-order chi connectivity index (χ0) is 21.6. The smallest absolute Gasteiger partial charge is 0.328 e. The van der Waals surface area contributed by atoms with Crippen molar-refractivity contribution in [3.05, 3.63) is 46.5 Å². The number of carbonyl (C=O) groups excluding carboxylic acids is 1. The first kappa shape index (κ1) is 22.7. The Morgan fingerprint density at radius 1 is 1.21 bits per heavy atom. The molecule has 0 fully saturated rings. The van der Waals surface area contributed by atoms with Gasteiger partial charge in [-0.3, -0.25) is 0 Å². The third-order valence-corrected chi connectivity index (χ3v) is 6.24. The zero-order valence-corrected chi connectivity index (χ0v) is 18.2. The SMILES string of the molecule is COc1cc(S(=O)(=O)NC(=O)NCc2ccc(SC)c(C#N)c2)c(OC)cc1Cl. The monoisotopic (exact) mass is 455 g/mol. The van der Waals surface area contributed by atoms with E-state index >= 15 is 0 Å². The highest BCUT2D eigenvalue weighted by Gasteiger charge is 2.24. The molecule has 0 radical (unpaired) electrons. The summed E-state index contributed by atoms with van der Waals surface area (Å²) in [5.74, 6) is 0.0774. The van der Waals surface area contributed by atoms with Gasteiger partial charge in [-0.1, -0.05) is 17.7 Å². The van der Waals surface area contributed by atoms with Crippen molar-refractivity contribution in [3.63, 3.8) is 0 Å². The molecule has 2 amide bonds. The van der Waals surface area contributed by atoms with Crippen molar-refractivity contribution in [3.8, 4) is 17.6 Å². The van der Waals surface area contributed by atoms with Gasteiger partial charge in [0.1, 0.15) is 22.5 Å². The molecular formula is C18H18ClN3O5S2. The van der Waals surface area contributed by atoms with Gasteiger partial charge in [-0.15, -0.1) is 11.8 Å². The molecule has 0 bridgehead atoms. The number of amides is 2. The first-order chi connectivity index (χ1) is 13.7. The number of methoxy groups -OCH3 is 2. The van der Waals surface area contributed by atoms with Crippen LogP contribution in [0.5, 0.6) is 11.5 Å². The first-order valence-corrected chi connectivity index (χ1v) is 11.1. The summed E-state index contributed by atoms with van der Waals surface area (Å²) in [6, 6.07) is 8.73. The number of nitrogens with zero attached hydrogens (tertiary/aromatic N) is 1. The van der Waals surface area contributed by atoms with Crippen LogP contribution >= 0.6 is 23.4 Å². The number of hydrogen-bond donors (Lipinski definition) is 2. The number of thioether (sulfide) groups is 1. The second kappa shape index (κ2) is 9.73. The van der Waals surface area contributed by atoms with Gasteiger partial charge < -0.3 is 14.8 Å². The van der Waals surface area contributed by atoms with Crippen LogP contribution < -0.4 is 19.5 Å². The molecule has 0 saturated carbocycles. The highest BCUT2D eigenvalue weighted by atomic mass is 35.5. The molecule has 0 spiro atoms. The highest BCUT2D eigenvalue weighted by Crippen LogP contribution is 2.34. The summed E-state index contributed by atoms with van der Waals surface area (Å²) in [7, 11) is -1.65. The molecule has 0 aromatic heterocycles. The van der Waals surface area contributed by atoms with Gasteiger partial charge in [0, 0.05) is 23.6 Å². The fourth-order valence-electron chi connectivity index (χ4n) is 2.39. The Bertz CT molecular complexity index is 1070. The predicted octanol–water partition coefficient (Wildman–Crippen LogP) is 3.14. The lowest BCUT2D eigenvalue weighted by Crippen LogP contribution is -2.39. The molecule has 0 saturated heterocycles. The van der Waals surface area contributed by atoms with Gasteiger partial charge in [-0.05, 0) is 24.0 Å². The summed E-state index contributed by atoms with van der Waals surface area (Å²) in [6.45, 7) is 0.0335. The van der Waals surface area contributed by atoms with Crippen molar-refractivity contribution in [2.24, 2.45) is 0 Å². The minimum absolute atomic E-state index is 0.0335. The molecule has 154 valence electrons. The van der Waals surface area contributed by atoms with Crippen LogP contribution in [0.1, 0.15) is 11.1 Å². The minimum Gasteiger partial charge on any atom is -0.495 e. The molecule has 0 heterocycles. The molecule has 2 aromatic carbocycles. The van der Waals surface area contributed by atoms with Crippen LogP contribution in [0.2, 0.25) is 5.02 Å². The Balaban J connectivity index is 2.15. The minimum atomic E-state index is -4.26. The van der Waals surface area contributed by atoms with Crippen molar-refractivity contribution in [1.82, 2.24) is 10.0 Å². The number of sulfonamides is 1. The molecule has 0 aliphatic carbocycles. The quantitative estimate of drug-likeness (QED) is 0.615. The number of nitriles is 1. The molecule has 8 nitrogen and oxygen atoms in total. The van der Waals surface area contributed by atoms with Crippen LogP contribution in [0.15, 0.2) is 40.1 Å². The highest BCUT2D eigenvalue weighted by molar-refractivity contribution is 7.98. The average Bonchev–Trinajstić information content (AvgIpc) is 2.71. The van der Waals surface area contributed by atoms with Gasteiger partial charge in [0.05, 0.1) is 24.8 Å². The molecule has 2 aromatic rings. The summed E-state index contributed by atoms with van der Waals surface area (Å²) in [5.41, 5.74) is 1.13. The predicted molar refractivity (Wildman–Crippen MR) is 110 cm³/mol. The van der Waals surface area contributed by atoms with Crippen molar-refractivity contribution >= 4 is 39.4 Å². The molecular weight excluding hydrogens is 438 g/mol. The van der Waals surface area contributed by atoms with E-state index in [1.54, 1.807) is 18.2 Å². The van der Waals surface area contributed by atoms with Crippen LogP contribution in [-0.4, -0.2) is 34.9 Å². The van der Waals surface area contributed by atoms with Gasteiger partial charge in [0.25, 0.3) is 10.0 Å². The molecule has 2 N–H and O–H groups in total. The number of ether oxygens (including phenoxy) is 2. The van der Waals surface area contributed by atoms with Crippen LogP contribution in [0.4, 0.5) is 4.79 Å². The number of nitrogens with one attached hydrogen (secondary N) is 2. The molecule has 2 rings (SSSR count). The first-order valence-electron chi connectivity index (χ1n) is 8.05. The van der Waals surface area contributed by atoms with Crippen LogP contribution in [0.25, 0.3) is 0 Å². The number of urea groups is 1. The molecule has 0 unspecified atom stereocenters. The summed E-state index contributed by atoms with van der Waals surface area (Å²) in [5, 5.41) is 11.8. The topological polar surface area (TPSA) is 118 Å². The molecule has 29 heavy (non-hydrogen) atoms. The molecule has 0 atom stereocenters. The Morgan fingerprint density at radius 3 is 2.48 bits per heavy atom. The van der Waals surface area contributed by atoms with Gasteiger partial charge in [0.15, 0.2) is 0 Å². The van der Waals surface area contributed by atoms with E-state index < -0.39 is 16.1 Å². The zero-order valence-electron chi connectivity index (χ0n) is 15.8. The van der Waals surface area contributed by atoms with Gasteiger partial charge >= 0.3 is 6.03 Å². The van der Waals surface area contributed by atoms with E-state index in [1.807, 2.05) is 11.0 Å². The lowest BCUT2D eigenvalue weighted by atomic mass is 10.1. The second-order valence-corrected chi connectivity index (χ2v) is 8.48. The maximum absolute atomic E-state index is 12.6. The van der Waals surface area contributed by atoms with Crippen LogP contribution in [-0.2, 0) is 16.6 Å². The maximum atomic E-state index is 12.6. The Hall–Kier alpha value is -2.61. The molecule has 11 heteroatoms. The third-order valence-electron chi connectivity index (χ3n) is 3.79. The summed E-state index contributed by atoms with van der Waals surface area (Å²) >= 11 is 7.41. The largest absolute Gasteiger partial charge is 0.495 e. The van der Waals surface area contributed by atoms with E-state index in [2.05, 4.69) is 11.4 Å². The fourth-order valence-corrected chi connectivity index (χ4v) is 4.25. The van der Waals surface area contributed by atoms with E-state index in [4.69, 9.17) is 26.3 Å². The van der Waals surface area contributed by atoms with E-state index in [9.17, 15) is 13.2 Å². The number of benzene rings is 2. The number of halogens is 1. The Labute approximate surface area is 178 Å². The average molecular weight is 456 g/mol. The van der Waals surface area contributed by atoms with E-state index in [-0.39, 0.29) is 28.0 Å². The Kier molecular flexibility index (Phi) is 7.61. The number of carbonyl (C=O) groups is 1. The van der Waals surface area contributed by atoms with Crippen LogP contribution in [0.3, 0.4) is 0 Å². The lowest BCUT2D eigenvalue weighted by Gasteiger charge is -2.14. The van der Waals surface area contributed by atoms with Crippen LogP contribution in [0, 0.1) is 11.3 Å². The van der Waals surface area contributed by atoms with E-state index in [0.29, 0.717) is 11.1 Å². The third kappa shape index (κ3) is 5.47. The van der Waals surface area contributed by atoms with E-state index in [0.717, 1.165) is 11.0 Å². The van der Waals surface area contributed by atoms with Crippen molar-refractivity contribution in [1.29, 1.82) is 5.26 Å². The standard InChI is InChI=1S/C18H18ClN3O5S2/c1-26-14-8-17(15(27-2)7-13(14)19)29(24,25)22-18(23)21-10-11-4-5-16(28-3)12(6-11)9-20/h4-8H,10H2,1-3H3,(H2,21,22,23). The second-order valence-electron chi connectivity index (χ2n) is 5.57. The number of rotatable bonds is 7. The summed E-state index contributed by atoms with van der Waals surface area (Å²) in [6.07, 6.45) is 1.85. The summed E-state index contributed by atoms with van der Waals surface area (Å²) < 4.78 is 37.2. The van der Waals surface area contributed by atoms with Crippen molar-refractivity contribution in [2.45, 2.75) is 16.3 Å². The van der Waals surface area contributed by atoms with Crippen molar-refractivity contribution in [2.75, 3.05) is 20.5 Å². The van der Waals surface area contributed by atoms with Gasteiger partial charge in [-0.25, -0.2) is 17.9 Å². The molecule has 0 aliphatic heterocycles.